The molecule has 2 aliphatic heterocycles. The highest BCUT2D eigenvalue weighted by Gasteiger charge is 2.61. The molecule has 2 saturated heterocycles. The third-order valence-electron chi connectivity index (χ3n) is 5.33. The fraction of sp³-hybridized carbons (Fsp3) is 1.00. The molecule has 2 heterocycles. The lowest BCUT2D eigenvalue weighted by Crippen LogP contribution is -2.70. The van der Waals surface area contributed by atoms with Gasteiger partial charge in [0.2, 0.25) is 0 Å². The number of nitrogens with one attached hydrogen (secondary N) is 2. The average molecular weight is 238 g/mol. The first-order valence-corrected chi connectivity index (χ1v) is 7.12. The topological polar surface area (TPSA) is 24.1 Å². The van der Waals surface area contributed by atoms with E-state index in [0.29, 0.717) is 16.2 Å². The van der Waals surface area contributed by atoms with Gasteiger partial charge < -0.3 is 10.6 Å². The van der Waals surface area contributed by atoms with Gasteiger partial charge in [-0.2, -0.15) is 0 Å². The molecule has 2 aliphatic rings. The van der Waals surface area contributed by atoms with Crippen LogP contribution in [0, 0.1) is 28.1 Å². The van der Waals surface area contributed by atoms with Gasteiger partial charge in [0.15, 0.2) is 0 Å². The van der Waals surface area contributed by atoms with Gasteiger partial charge >= 0.3 is 0 Å². The highest BCUT2D eigenvalue weighted by atomic mass is 15.0. The van der Waals surface area contributed by atoms with Crippen LogP contribution in [0.2, 0.25) is 0 Å². The molecule has 0 amide bonds. The number of piperidine rings is 2. The van der Waals surface area contributed by atoms with E-state index in [9.17, 15) is 0 Å². The third kappa shape index (κ3) is 1.76. The predicted octanol–water partition coefficient (Wildman–Crippen LogP) is 2.50. The summed E-state index contributed by atoms with van der Waals surface area (Å²) >= 11 is 0. The van der Waals surface area contributed by atoms with Crippen LogP contribution in [0.25, 0.3) is 0 Å². The van der Waals surface area contributed by atoms with Crippen molar-refractivity contribution in [3.05, 3.63) is 0 Å². The predicted molar refractivity (Wildman–Crippen MR) is 74.1 cm³/mol. The minimum absolute atomic E-state index is 0.366. The van der Waals surface area contributed by atoms with E-state index in [2.05, 4.69) is 52.2 Å². The molecule has 0 unspecified atom stereocenters. The normalized spacial score (nSPS) is 33.5. The van der Waals surface area contributed by atoms with Crippen molar-refractivity contribution in [2.45, 2.75) is 41.5 Å². The van der Waals surface area contributed by atoms with Gasteiger partial charge in [-0.15, -0.1) is 0 Å². The van der Waals surface area contributed by atoms with E-state index in [0.717, 1.165) is 11.8 Å². The van der Waals surface area contributed by atoms with Gasteiger partial charge in [0.25, 0.3) is 0 Å². The van der Waals surface area contributed by atoms with Gasteiger partial charge in [-0.1, -0.05) is 41.5 Å². The van der Waals surface area contributed by atoms with Gasteiger partial charge in [-0.3, -0.25) is 0 Å². The van der Waals surface area contributed by atoms with Crippen LogP contribution in [0.3, 0.4) is 0 Å². The van der Waals surface area contributed by atoms with Crippen molar-refractivity contribution in [2.75, 3.05) is 26.2 Å². The Balaban J connectivity index is 2.52. The van der Waals surface area contributed by atoms with E-state index in [-0.39, 0.29) is 0 Å². The fourth-order valence-corrected chi connectivity index (χ4v) is 5.56. The molecule has 0 aromatic rings. The summed E-state index contributed by atoms with van der Waals surface area (Å²) in [5.41, 5.74) is 1.17. The Labute approximate surface area is 107 Å². The van der Waals surface area contributed by atoms with Gasteiger partial charge in [0.1, 0.15) is 0 Å². The monoisotopic (exact) mass is 238 g/mol. The fourth-order valence-electron chi connectivity index (χ4n) is 5.56. The minimum Gasteiger partial charge on any atom is -0.316 e. The smallest absolute Gasteiger partial charge is 0.000239 e. The van der Waals surface area contributed by atoms with Crippen LogP contribution in [0.4, 0.5) is 0 Å². The van der Waals surface area contributed by atoms with Crippen LogP contribution in [-0.4, -0.2) is 26.2 Å². The first kappa shape index (κ1) is 13.4. The van der Waals surface area contributed by atoms with Crippen molar-refractivity contribution < 1.29 is 0 Å². The maximum atomic E-state index is 3.65. The summed E-state index contributed by atoms with van der Waals surface area (Å²) in [5, 5.41) is 7.29. The maximum absolute atomic E-state index is 3.65. The van der Waals surface area contributed by atoms with Gasteiger partial charge in [0, 0.05) is 0 Å². The second-order valence-corrected chi connectivity index (χ2v) is 8.08. The van der Waals surface area contributed by atoms with Crippen molar-refractivity contribution >= 4 is 0 Å². The Kier molecular flexibility index (Phi) is 3.11. The van der Waals surface area contributed by atoms with E-state index >= 15 is 0 Å². The molecule has 2 rings (SSSR count). The summed E-state index contributed by atoms with van der Waals surface area (Å²) in [6.07, 6.45) is 0. The van der Waals surface area contributed by atoms with Crippen LogP contribution < -0.4 is 10.6 Å². The standard InChI is InChI=1S/C15H30N2/c1-13(2,3)15(14(4,5)6)11-7-16-9-12(15)10-17-8-11/h11-12,16-17H,7-10H2,1-6H3. The zero-order valence-corrected chi connectivity index (χ0v) is 12.5. The molecule has 0 spiro atoms. The second-order valence-electron chi connectivity index (χ2n) is 8.08. The van der Waals surface area contributed by atoms with Crippen molar-refractivity contribution in [2.24, 2.45) is 28.1 Å². The SMILES string of the molecule is CC(C)(C)C1(C(C)(C)C)C2CNCC1CNC2. The van der Waals surface area contributed by atoms with Crippen molar-refractivity contribution in [1.82, 2.24) is 10.6 Å². The van der Waals surface area contributed by atoms with E-state index in [1.807, 2.05) is 0 Å². The summed E-state index contributed by atoms with van der Waals surface area (Å²) in [5.74, 6) is 1.52. The molecule has 0 saturated carbocycles. The Bertz CT molecular complexity index is 244. The van der Waals surface area contributed by atoms with E-state index in [1.54, 1.807) is 0 Å². The first-order chi connectivity index (χ1) is 7.71. The average Bonchev–Trinajstić information content (AvgIpc) is 2.12. The molecule has 0 aromatic carbocycles. The molecule has 0 aromatic heterocycles. The second kappa shape index (κ2) is 3.96. The molecule has 0 atom stereocenters. The first-order valence-electron chi connectivity index (χ1n) is 7.12. The number of rotatable bonds is 0. The van der Waals surface area contributed by atoms with Crippen LogP contribution in [0.1, 0.15) is 41.5 Å². The van der Waals surface area contributed by atoms with Gasteiger partial charge in [-0.25, -0.2) is 0 Å². The molecule has 17 heavy (non-hydrogen) atoms. The third-order valence-corrected chi connectivity index (χ3v) is 5.33. The summed E-state index contributed by atoms with van der Waals surface area (Å²) in [7, 11) is 0. The van der Waals surface area contributed by atoms with E-state index in [1.165, 1.54) is 26.2 Å². The van der Waals surface area contributed by atoms with Gasteiger partial charge in [0.05, 0.1) is 0 Å². The van der Waals surface area contributed by atoms with Crippen LogP contribution in [0.5, 0.6) is 0 Å². The van der Waals surface area contributed by atoms with Crippen molar-refractivity contribution in [3.8, 4) is 0 Å². The maximum Gasteiger partial charge on any atom is -0.000239 e. The molecule has 0 aliphatic carbocycles. The molecule has 2 fully saturated rings. The summed E-state index contributed by atoms with van der Waals surface area (Å²) in [6.45, 7) is 19.4. The minimum atomic E-state index is 0.366. The van der Waals surface area contributed by atoms with Crippen LogP contribution in [0.15, 0.2) is 0 Å². The van der Waals surface area contributed by atoms with Crippen molar-refractivity contribution in [1.29, 1.82) is 0 Å². The molecule has 0 radical (unpaired) electrons. The zero-order valence-electron chi connectivity index (χ0n) is 12.5. The Morgan fingerprint density at radius 3 is 1.18 bits per heavy atom. The lowest BCUT2D eigenvalue weighted by molar-refractivity contribution is -0.160. The lowest BCUT2D eigenvalue weighted by Gasteiger charge is -2.66. The number of fused-ring (bicyclic) bond motifs is 2. The Morgan fingerprint density at radius 2 is 1.00 bits per heavy atom. The largest absolute Gasteiger partial charge is 0.316 e. The Hall–Kier alpha value is -0.0800. The lowest BCUT2D eigenvalue weighted by atomic mass is 9.42. The highest BCUT2D eigenvalue weighted by molar-refractivity contribution is 5.12. The molecule has 100 valence electrons. The van der Waals surface area contributed by atoms with Crippen molar-refractivity contribution in [3.63, 3.8) is 0 Å². The summed E-state index contributed by atoms with van der Waals surface area (Å²) in [4.78, 5) is 0. The van der Waals surface area contributed by atoms with E-state index < -0.39 is 0 Å². The molecule has 2 bridgehead atoms. The summed E-state index contributed by atoms with van der Waals surface area (Å²) in [6, 6.07) is 0. The number of hydrogen-bond acceptors (Lipinski definition) is 2. The quantitative estimate of drug-likeness (QED) is 0.677. The highest BCUT2D eigenvalue weighted by Crippen LogP contribution is 2.62. The van der Waals surface area contributed by atoms with Crippen LogP contribution in [-0.2, 0) is 0 Å². The van der Waals surface area contributed by atoms with Gasteiger partial charge in [-0.05, 0) is 54.3 Å². The molecular weight excluding hydrogens is 208 g/mol. The molecular formula is C15H30N2. The zero-order chi connectivity index (χ0) is 12.9. The molecule has 2 heteroatoms. The Morgan fingerprint density at radius 1 is 0.706 bits per heavy atom. The van der Waals surface area contributed by atoms with Crippen LogP contribution >= 0.6 is 0 Å². The number of hydrogen-bond donors (Lipinski definition) is 2. The summed E-state index contributed by atoms with van der Waals surface area (Å²) < 4.78 is 0. The molecule has 2 nitrogen and oxygen atoms in total. The molecule has 2 N–H and O–H groups in total. The van der Waals surface area contributed by atoms with E-state index in [4.69, 9.17) is 0 Å².